The van der Waals surface area contributed by atoms with Gasteiger partial charge in [0.1, 0.15) is 6.04 Å². The quantitative estimate of drug-likeness (QED) is 0.253. The number of methoxy groups -OCH3 is 1. The first-order chi connectivity index (χ1) is 20.8. The zero-order valence-electron chi connectivity index (χ0n) is 26.3. The fourth-order valence-electron chi connectivity index (χ4n) is 4.88. The van der Waals surface area contributed by atoms with Crippen LogP contribution in [0.2, 0.25) is 0 Å². The van der Waals surface area contributed by atoms with Crippen LogP contribution in [0.3, 0.4) is 0 Å². The minimum atomic E-state index is -1.14. The normalized spacial score (nSPS) is 17.1. The van der Waals surface area contributed by atoms with Crippen LogP contribution in [0.5, 0.6) is 0 Å². The number of carbonyl (C=O) groups is 4. The number of carbonyl (C=O) groups excluding carboxylic acids is 4. The van der Waals surface area contributed by atoms with Crippen LogP contribution in [0, 0.1) is 11.3 Å². The molecule has 1 heterocycles. The van der Waals surface area contributed by atoms with Gasteiger partial charge in [-0.1, -0.05) is 83.1 Å². The van der Waals surface area contributed by atoms with Gasteiger partial charge in [0.2, 0.25) is 12.0 Å². The van der Waals surface area contributed by atoms with E-state index < -0.39 is 53.7 Å². The Morgan fingerprint density at radius 1 is 1.02 bits per heavy atom. The summed E-state index contributed by atoms with van der Waals surface area (Å²) in [5.41, 5.74) is 3.65. The van der Waals surface area contributed by atoms with Crippen LogP contribution < -0.4 is 21.0 Å². The van der Waals surface area contributed by atoms with Crippen molar-refractivity contribution < 1.29 is 33.8 Å². The monoisotopic (exact) mass is 611 g/mol. The molecule has 12 nitrogen and oxygen atoms in total. The topological polar surface area (TPSA) is 150 Å². The number of amides is 4. The molecule has 1 aliphatic rings. The Kier molecular flexibility index (Phi) is 12.1. The van der Waals surface area contributed by atoms with E-state index in [0.29, 0.717) is 18.7 Å². The number of hydrazine groups is 1. The van der Waals surface area contributed by atoms with E-state index in [1.165, 1.54) is 12.0 Å². The number of anilines is 1. The maximum Gasteiger partial charge on any atom is 0.415 e. The lowest BCUT2D eigenvalue weighted by Crippen LogP contribution is -2.59. The van der Waals surface area contributed by atoms with E-state index in [1.807, 2.05) is 71.0 Å². The first-order valence-electron chi connectivity index (χ1n) is 14.7. The van der Waals surface area contributed by atoms with Gasteiger partial charge in [-0.05, 0) is 35.4 Å². The van der Waals surface area contributed by atoms with Crippen LogP contribution in [-0.4, -0.2) is 85.2 Å². The average Bonchev–Trinajstić information content (AvgIpc) is 3.37. The first kappa shape index (κ1) is 34.3. The zero-order chi connectivity index (χ0) is 32.4. The summed E-state index contributed by atoms with van der Waals surface area (Å²) in [4.78, 5) is 52.7. The van der Waals surface area contributed by atoms with Crippen molar-refractivity contribution in [1.82, 2.24) is 21.1 Å². The Labute approximate surface area is 259 Å². The average molecular weight is 612 g/mol. The molecule has 4 amide bonds. The Hall–Kier alpha value is -4.16. The summed E-state index contributed by atoms with van der Waals surface area (Å²) in [6, 6.07) is 16.6. The molecule has 3 rings (SSSR count). The molecule has 2 aromatic rings. The summed E-state index contributed by atoms with van der Waals surface area (Å²) in [7, 11) is 1.22. The Balaban J connectivity index is 1.76. The van der Waals surface area contributed by atoms with E-state index in [-0.39, 0.29) is 19.0 Å². The van der Waals surface area contributed by atoms with E-state index in [4.69, 9.17) is 9.47 Å². The van der Waals surface area contributed by atoms with E-state index in [0.717, 1.165) is 5.56 Å². The predicted octanol–water partition coefficient (Wildman–Crippen LogP) is 2.86. The summed E-state index contributed by atoms with van der Waals surface area (Å²) in [5.74, 6) is -0.907. The number of hydrogen-bond donors (Lipinski definition) is 4. The summed E-state index contributed by atoms with van der Waals surface area (Å²) in [6.45, 7) is 9.75. The Morgan fingerprint density at radius 2 is 1.64 bits per heavy atom. The van der Waals surface area contributed by atoms with Gasteiger partial charge in [0.25, 0.3) is 5.91 Å². The van der Waals surface area contributed by atoms with Crippen LogP contribution in [0.4, 0.5) is 15.3 Å². The third kappa shape index (κ3) is 9.95. The highest BCUT2D eigenvalue weighted by molar-refractivity contribution is 5.95. The number of aliphatic hydroxyl groups excluding tert-OH is 1. The number of benzene rings is 2. The molecule has 0 bridgehead atoms. The summed E-state index contributed by atoms with van der Waals surface area (Å²) in [6.07, 6.45) is -3.26. The lowest BCUT2D eigenvalue weighted by molar-refractivity contribution is -0.134. The summed E-state index contributed by atoms with van der Waals surface area (Å²) < 4.78 is 10.1. The molecule has 12 heteroatoms. The molecule has 0 saturated carbocycles. The van der Waals surface area contributed by atoms with Crippen molar-refractivity contribution in [2.45, 2.75) is 65.3 Å². The molecule has 1 fully saturated rings. The van der Waals surface area contributed by atoms with Gasteiger partial charge in [-0.2, -0.15) is 0 Å². The number of aliphatic hydroxyl groups is 1. The maximum atomic E-state index is 13.5. The second-order valence-corrected chi connectivity index (χ2v) is 12.4. The van der Waals surface area contributed by atoms with Crippen molar-refractivity contribution >= 4 is 29.7 Å². The zero-order valence-corrected chi connectivity index (χ0v) is 26.3. The van der Waals surface area contributed by atoms with Crippen molar-refractivity contribution in [3.8, 4) is 0 Å². The van der Waals surface area contributed by atoms with Crippen LogP contribution >= 0.6 is 0 Å². The molecule has 0 aliphatic carbocycles. The fraction of sp³-hybridized carbons (Fsp3) is 0.500. The molecule has 1 aliphatic heterocycles. The van der Waals surface area contributed by atoms with Crippen molar-refractivity contribution in [1.29, 1.82) is 0 Å². The van der Waals surface area contributed by atoms with Crippen molar-refractivity contribution in [3.05, 3.63) is 66.2 Å². The third-order valence-corrected chi connectivity index (χ3v) is 7.10. The van der Waals surface area contributed by atoms with Crippen molar-refractivity contribution in [3.63, 3.8) is 0 Å². The number of nitrogens with zero attached hydrogens (tertiary/aromatic N) is 2. The van der Waals surface area contributed by atoms with Gasteiger partial charge in [0.05, 0.1) is 25.8 Å². The lowest BCUT2D eigenvalue weighted by Gasteiger charge is -2.34. The second kappa shape index (κ2) is 15.5. The van der Waals surface area contributed by atoms with Crippen LogP contribution in [0.15, 0.2) is 60.7 Å². The number of para-hydroxylation sites is 1. The molecule has 0 unspecified atom stereocenters. The molecule has 1 saturated heterocycles. The van der Waals surface area contributed by atoms with Crippen molar-refractivity contribution in [2.75, 3.05) is 31.6 Å². The standard InChI is InChI=1S/C32H45N5O7/c1-21(2)18-36(35-28(39)26-20-37(31(42)44-26)23-15-11-8-12-16-23)19-25(38)24(17-22-13-9-7-10-14-22)33-29(40)27(32(3,4)5)34-30(41)43-6/h7-16,21,24-27,38H,17-20H2,1-6H3,(H,33,40)(H,34,41)(H,35,39)/t24-,25-,26-,27+/m0/s1. The smallest absolute Gasteiger partial charge is 0.415 e. The largest absolute Gasteiger partial charge is 0.453 e. The number of rotatable bonds is 13. The SMILES string of the molecule is COC(=O)N[C@H](C(=O)N[C@@H](Cc1ccccc1)[C@@H](O)CN(CC(C)C)NC(=O)[C@@H]1CN(c2ccccc2)C(=O)O1)C(C)(C)C. The number of hydrogen-bond acceptors (Lipinski definition) is 8. The molecular formula is C32H45N5O7. The predicted molar refractivity (Wildman–Crippen MR) is 165 cm³/mol. The Morgan fingerprint density at radius 3 is 2.20 bits per heavy atom. The molecular weight excluding hydrogens is 566 g/mol. The maximum absolute atomic E-state index is 13.5. The van der Waals surface area contributed by atoms with E-state index in [2.05, 4.69) is 16.1 Å². The van der Waals surface area contributed by atoms with Crippen molar-refractivity contribution in [2.24, 2.45) is 11.3 Å². The van der Waals surface area contributed by atoms with Gasteiger partial charge < -0.3 is 25.2 Å². The molecule has 0 spiro atoms. The minimum Gasteiger partial charge on any atom is -0.453 e. The minimum absolute atomic E-state index is 0.0324. The van der Waals surface area contributed by atoms with Crippen LogP contribution in [0.25, 0.3) is 0 Å². The summed E-state index contributed by atoms with van der Waals surface area (Å²) in [5, 5.41) is 18.6. The molecule has 0 radical (unpaired) electrons. The van der Waals surface area contributed by atoms with Crippen LogP contribution in [0.1, 0.15) is 40.2 Å². The number of ether oxygens (including phenoxy) is 2. The van der Waals surface area contributed by atoms with Gasteiger partial charge in [0, 0.05) is 18.8 Å². The van der Waals surface area contributed by atoms with Gasteiger partial charge in [-0.3, -0.25) is 19.9 Å². The number of nitrogens with one attached hydrogen (secondary N) is 3. The van der Waals surface area contributed by atoms with E-state index in [9.17, 15) is 24.3 Å². The number of cyclic esters (lactones) is 1. The Bertz CT molecular complexity index is 1250. The third-order valence-electron chi connectivity index (χ3n) is 7.10. The van der Waals surface area contributed by atoms with Gasteiger partial charge in [-0.25, -0.2) is 14.6 Å². The molecule has 4 N–H and O–H groups in total. The lowest BCUT2D eigenvalue weighted by atomic mass is 9.85. The fourth-order valence-corrected chi connectivity index (χ4v) is 4.88. The molecule has 240 valence electrons. The molecule has 0 aromatic heterocycles. The highest BCUT2D eigenvalue weighted by atomic mass is 16.6. The molecule has 44 heavy (non-hydrogen) atoms. The highest BCUT2D eigenvalue weighted by Gasteiger charge is 2.39. The van der Waals surface area contributed by atoms with E-state index >= 15 is 0 Å². The first-order valence-corrected chi connectivity index (χ1v) is 14.7. The van der Waals surface area contributed by atoms with Gasteiger partial charge >= 0.3 is 12.2 Å². The molecule has 4 atom stereocenters. The van der Waals surface area contributed by atoms with E-state index in [1.54, 1.807) is 29.3 Å². The van der Waals surface area contributed by atoms with Gasteiger partial charge in [-0.15, -0.1) is 0 Å². The van der Waals surface area contributed by atoms with Crippen LogP contribution in [-0.2, 0) is 25.5 Å². The molecule has 2 aromatic carbocycles. The summed E-state index contributed by atoms with van der Waals surface area (Å²) >= 11 is 0. The highest BCUT2D eigenvalue weighted by Crippen LogP contribution is 2.22. The van der Waals surface area contributed by atoms with Gasteiger partial charge in [0.15, 0.2) is 0 Å². The number of alkyl carbamates (subject to hydrolysis) is 1. The second-order valence-electron chi connectivity index (χ2n) is 12.4.